The van der Waals surface area contributed by atoms with Crippen molar-refractivity contribution in [1.29, 1.82) is 0 Å². The maximum Gasteiger partial charge on any atom is 0.308 e. The van der Waals surface area contributed by atoms with Gasteiger partial charge in [-0.3, -0.25) is 4.79 Å². The zero-order valence-corrected chi connectivity index (χ0v) is 9.21. The Bertz CT molecular complexity index is 174. The minimum absolute atomic E-state index is 0.00964. The van der Waals surface area contributed by atoms with Gasteiger partial charge in [-0.25, -0.2) is 0 Å². The summed E-state index contributed by atoms with van der Waals surface area (Å²) in [6, 6.07) is 0. The molecule has 0 unspecified atom stereocenters. The average Bonchev–Trinajstić information content (AvgIpc) is 2.20. The molecule has 0 aromatic rings. The van der Waals surface area contributed by atoms with Crippen molar-refractivity contribution in [3.05, 3.63) is 0 Å². The predicted molar refractivity (Wildman–Crippen MR) is 56.0 cm³/mol. The van der Waals surface area contributed by atoms with E-state index >= 15 is 0 Å². The third-order valence-electron chi connectivity index (χ3n) is 2.96. The van der Waals surface area contributed by atoms with Crippen molar-refractivity contribution in [3.63, 3.8) is 0 Å². The second-order valence-electron chi connectivity index (χ2n) is 4.03. The standard InChI is InChI=1S/C11H21NO2/c1-3-14-11(13)10-6-4-9(5-7-10)8-12-2/h9-10,12H,3-8H2,1-2H3. The molecule has 0 aromatic heterocycles. The maximum absolute atomic E-state index is 11.4. The quantitative estimate of drug-likeness (QED) is 0.698. The van der Waals surface area contributed by atoms with Crippen molar-refractivity contribution in [2.75, 3.05) is 20.2 Å². The Kier molecular flexibility index (Phi) is 4.94. The molecular weight excluding hydrogens is 178 g/mol. The Morgan fingerprint density at radius 2 is 2.00 bits per heavy atom. The van der Waals surface area contributed by atoms with E-state index in [-0.39, 0.29) is 11.9 Å². The molecule has 0 aliphatic heterocycles. The van der Waals surface area contributed by atoms with Crippen LogP contribution in [0.4, 0.5) is 0 Å². The highest BCUT2D eigenvalue weighted by Crippen LogP contribution is 2.29. The lowest BCUT2D eigenvalue weighted by molar-refractivity contribution is -0.149. The van der Waals surface area contributed by atoms with Gasteiger partial charge in [-0.15, -0.1) is 0 Å². The summed E-state index contributed by atoms with van der Waals surface area (Å²) in [4.78, 5) is 11.4. The molecular formula is C11H21NO2. The fourth-order valence-electron chi connectivity index (χ4n) is 2.15. The zero-order chi connectivity index (χ0) is 10.4. The van der Waals surface area contributed by atoms with E-state index in [0.717, 1.165) is 38.1 Å². The van der Waals surface area contributed by atoms with Gasteiger partial charge in [-0.1, -0.05) is 0 Å². The van der Waals surface area contributed by atoms with Gasteiger partial charge < -0.3 is 10.1 Å². The van der Waals surface area contributed by atoms with Gasteiger partial charge in [0.05, 0.1) is 12.5 Å². The number of hydrogen-bond donors (Lipinski definition) is 1. The first-order valence-corrected chi connectivity index (χ1v) is 5.59. The van der Waals surface area contributed by atoms with E-state index in [0.29, 0.717) is 6.61 Å². The summed E-state index contributed by atoms with van der Waals surface area (Å²) in [5.41, 5.74) is 0. The smallest absolute Gasteiger partial charge is 0.308 e. The van der Waals surface area contributed by atoms with Crippen LogP contribution in [-0.2, 0) is 9.53 Å². The SMILES string of the molecule is CCOC(=O)C1CCC(CNC)CC1. The molecule has 0 spiro atoms. The summed E-state index contributed by atoms with van der Waals surface area (Å²) in [6.07, 6.45) is 4.32. The predicted octanol–water partition coefficient (Wildman–Crippen LogP) is 1.58. The van der Waals surface area contributed by atoms with Gasteiger partial charge in [0.25, 0.3) is 0 Å². The summed E-state index contributed by atoms with van der Waals surface area (Å²) in [7, 11) is 1.98. The summed E-state index contributed by atoms with van der Waals surface area (Å²) in [6.45, 7) is 3.45. The van der Waals surface area contributed by atoms with Crippen LogP contribution in [0.3, 0.4) is 0 Å². The lowest BCUT2D eigenvalue weighted by Crippen LogP contribution is -2.28. The summed E-state index contributed by atoms with van der Waals surface area (Å²) in [5, 5.41) is 3.19. The molecule has 1 aliphatic rings. The molecule has 0 saturated heterocycles. The first kappa shape index (κ1) is 11.5. The van der Waals surface area contributed by atoms with Crippen LogP contribution in [0.2, 0.25) is 0 Å². The molecule has 3 heteroatoms. The van der Waals surface area contributed by atoms with Crippen LogP contribution >= 0.6 is 0 Å². The second kappa shape index (κ2) is 6.02. The molecule has 1 rings (SSSR count). The number of carbonyl (C=O) groups is 1. The molecule has 1 N–H and O–H groups in total. The lowest BCUT2D eigenvalue weighted by Gasteiger charge is -2.26. The fraction of sp³-hybridized carbons (Fsp3) is 0.909. The molecule has 1 saturated carbocycles. The van der Waals surface area contributed by atoms with Crippen LogP contribution in [0.25, 0.3) is 0 Å². The number of nitrogens with one attached hydrogen (secondary N) is 1. The third kappa shape index (κ3) is 3.29. The molecule has 0 heterocycles. The van der Waals surface area contributed by atoms with E-state index in [9.17, 15) is 4.79 Å². The summed E-state index contributed by atoms with van der Waals surface area (Å²) >= 11 is 0. The molecule has 1 aliphatic carbocycles. The highest BCUT2D eigenvalue weighted by Gasteiger charge is 2.26. The van der Waals surface area contributed by atoms with E-state index in [1.165, 1.54) is 0 Å². The number of carbonyl (C=O) groups excluding carboxylic acids is 1. The lowest BCUT2D eigenvalue weighted by atomic mass is 9.82. The monoisotopic (exact) mass is 199 g/mol. The van der Waals surface area contributed by atoms with E-state index in [1.54, 1.807) is 0 Å². The highest BCUT2D eigenvalue weighted by molar-refractivity contribution is 5.72. The van der Waals surface area contributed by atoms with E-state index < -0.39 is 0 Å². The molecule has 0 atom stereocenters. The van der Waals surface area contributed by atoms with Gasteiger partial charge in [0.2, 0.25) is 0 Å². The average molecular weight is 199 g/mol. The summed E-state index contributed by atoms with van der Waals surface area (Å²) < 4.78 is 5.02. The summed E-state index contributed by atoms with van der Waals surface area (Å²) in [5.74, 6) is 0.934. The van der Waals surface area contributed by atoms with Crippen LogP contribution in [0, 0.1) is 11.8 Å². The van der Waals surface area contributed by atoms with Crippen molar-refractivity contribution in [3.8, 4) is 0 Å². The maximum atomic E-state index is 11.4. The van der Waals surface area contributed by atoms with Crippen molar-refractivity contribution in [2.45, 2.75) is 32.6 Å². The molecule has 3 nitrogen and oxygen atoms in total. The van der Waals surface area contributed by atoms with Gasteiger partial charge in [0.15, 0.2) is 0 Å². The Labute approximate surface area is 86.2 Å². The minimum Gasteiger partial charge on any atom is -0.466 e. The van der Waals surface area contributed by atoms with Gasteiger partial charge in [0, 0.05) is 0 Å². The van der Waals surface area contributed by atoms with Crippen molar-refractivity contribution < 1.29 is 9.53 Å². The molecule has 0 radical (unpaired) electrons. The molecule has 0 bridgehead atoms. The van der Waals surface area contributed by atoms with Gasteiger partial charge in [-0.2, -0.15) is 0 Å². The largest absolute Gasteiger partial charge is 0.466 e. The van der Waals surface area contributed by atoms with Gasteiger partial charge in [-0.05, 0) is 52.1 Å². The zero-order valence-electron chi connectivity index (χ0n) is 9.21. The van der Waals surface area contributed by atoms with Crippen molar-refractivity contribution in [1.82, 2.24) is 5.32 Å². The minimum atomic E-state index is 0.00964. The fourth-order valence-corrected chi connectivity index (χ4v) is 2.15. The Hall–Kier alpha value is -0.570. The van der Waals surface area contributed by atoms with Crippen LogP contribution in [0.1, 0.15) is 32.6 Å². The highest BCUT2D eigenvalue weighted by atomic mass is 16.5. The second-order valence-corrected chi connectivity index (χ2v) is 4.03. The Morgan fingerprint density at radius 3 is 2.50 bits per heavy atom. The Balaban J connectivity index is 2.24. The molecule has 1 fully saturated rings. The number of ether oxygens (including phenoxy) is 1. The van der Waals surface area contributed by atoms with Gasteiger partial charge in [0.1, 0.15) is 0 Å². The van der Waals surface area contributed by atoms with Gasteiger partial charge >= 0.3 is 5.97 Å². The number of hydrogen-bond acceptors (Lipinski definition) is 3. The molecule has 0 amide bonds. The number of esters is 1. The first-order chi connectivity index (χ1) is 6.77. The number of rotatable bonds is 4. The first-order valence-electron chi connectivity index (χ1n) is 5.59. The van der Waals surface area contributed by atoms with Crippen molar-refractivity contribution in [2.24, 2.45) is 11.8 Å². The third-order valence-corrected chi connectivity index (χ3v) is 2.96. The molecule has 0 aromatic carbocycles. The van der Waals surface area contributed by atoms with Crippen LogP contribution in [0.5, 0.6) is 0 Å². The van der Waals surface area contributed by atoms with Crippen LogP contribution < -0.4 is 5.32 Å². The van der Waals surface area contributed by atoms with E-state index in [1.807, 2.05) is 14.0 Å². The Morgan fingerprint density at radius 1 is 1.36 bits per heavy atom. The molecule has 14 heavy (non-hydrogen) atoms. The van der Waals surface area contributed by atoms with E-state index in [2.05, 4.69) is 5.32 Å². The normalized spacial score (nSPS) is 27.3. The topological polar surface area (TPSA) is 38.3 Å². The van der Waals surface area contributed by atoms with Crippen LogP contribution in [-0.4, -0.2) is 26.2 Å². The van der Waals surface area contributed by atoms with Crippen LogP contribution in [0.15, 0.2) is 0 Å². The van der Waals surface area contributed by atoms with E-state index in [4.69, 9.17) is 4.74 Å². The van der Waals surface area contributed by atoms with Crippen molar-refractivity contribution >= 4 is 5.97 Å². The molecule has 82 valence electrons.